The van der Waals surface area contributed by atoms with Gasteiger partial charge >= 0.3 is 25.6 Å². The van der Waals surface area contributed by atoms with Crippen molar-refractivity contribution in [1.29, 1.82) is 0 Å². The second kappa shape index (κ2) is 45.0. The molecule has 0 fully saturated rings. The fraction of sp³-hybridized carbons (Fsp3) is 0.725. The van der Waals surface area contributed by atoms with Gasteiger partial charge < -0.3 is 69.2 Å². The van der Waals surface area contributed by atoms with Crippen LogP contribution in [0.15, 0.2) is 48.5 Å². The predicted octanol–water partition coefficient (Wildman–Crippen LogP) is 11.6. The van der Waals surface area contributed by atoms with E-state index in [9.17, 15) is 43.2 Å². The molecule has 0 unspecified atom stereocenters. The third kappa shape index (κ3) is 38.6. The van der Waals surface area contributed by atoms with E-state index in [2.05, 4.69) is 26.6 Å². The summed E-state index contributed by atoms with van der Waals surface area (Å²) in [6, 6.07) is 13.8. The van der Waals surface area contributed by atoms with Crippen LogP contribution in [0.5, 0.6) is 0 Å². The minimum Gasteiger partial charge on any atom is -0.480 e. The summed E-state index contributed by atoms with van der Waals surface area (Å²) in [5.74, 6) is -3.13. The molecule has 522 valence electrons. The molecule has 22 nitrogen and oxygen atoms in total. The maximum atomic E-state index is 13.4. The highest BCUT2D eigenvalue weighted by molar-refractivity contribution is 7.53. The van der Waals surface area contributed by atoms with E-state index in [4.69, 9.17) is 37.5 Å². The molecule has 6 N–H and O–H groups in total. The van der Waals surface area contributed by atoms with Crippen molar-refractivity contribution in [3.05, 3.63) is 59.7 Å². The largest absolute Gasteiger partial charge is 0.480 e. The number of carbonyl (C=O) groups excluding carboxylic acids is 6. The van der Waals surface area contributed by atoms with Crippen LogP contribution in [-0.4, -0.2) is 161 Å². The van der Waals surface area contributed by atoms with Crippen molar-refractivity contribution < 1.29 is 80.7 Å². The number of carboxylic acid groups (broad SMARTS) is 1. The highest BCUT2D eigenvalue weighted by Gasteiger charge is 2.35. The van der Waals surface area contributed by atoms with Crippen molar-refractivity contribution in [3.63, 3.8) is 0 Å². The molecule has 3 rings (SSSR count). The van der Waals surface area contributed by atoms with Gasteiger partial charge in [-0.25, -0.2) is 14.4 Å². The lowest BCUT2D eigenvalue weighted by atomic mass is 9.98. The number of alkyl carbamates (subject to hydrolysis) is 1. The van der Waals surface area contributed by atoms with Crippen molar-refractivity contribution in [2.45, 2.75) is 238 Å². The lowest BCUT2D eigenvalue weighted by Crippen LogP contribution is -2.44. The number of ether oxygens (including phenoxy) is 6. The number of fused-ring (bicyclic) bond motifs is 3. The van der Waals surface area contributed by atoms with Gasteiger partial charge in [0, 0.05) is 38.4 Å². The molecule has 2 atom stereocenters. The summed E-state index contributed by atoms with van der Waals surface area (Å²) in [6.07, 6.45) is 19.1. The van der Waals surface area contributed by atoms with Gasteiger partial charge in [-0.3, -0.25) is 23.7 Å². The van der Waals surface area contributed by atoms with E-state index in [1.54, 1.807) is 20.8 Å². The number of nitrogens with one attached hydrogen (secondary N) is 5. The minimum absolute atomic E-state index is 0.00291. The van der Waals surface area contributed by atoms with Crippen molar-refractivity contribution >= 4 is 49.3 Å². The second-order valence-electron chi connectivity index (χ2n) is 26.6. The Morgan fingerprint density at radius 2 is 0.913 bits per heavy atom. The molecule has 0 spiro atoms. The Bertz CT molecular complexity index is 2470. The molecular weight excluding hydrogens is 1200 g/mol. The maximum Gasteiger partial charge on any atom is 0.407 e. The Morgan fingerprint density at radius 1 is 0.467 bits per heavy atom. The predicted molar refractivity (Wildman–Crippen MR) is 355 cm³/mol. The molecule has 92 heavy (non-hydrogen) atoms. The van der Waals surface area contributed by atoms with Crippen LogP contribution in [0.3, 0.4) is 0 Å². The second-order valence-corrected chi connectivity index (χ2v) is 28.6. The van der Waals surface area contributed by atoms with Gasteiger partial charge in [-0.05, 0) is 123 Å². The summed E-state index contributed by atoms with van der Waals surface area (Å²) in [7, 11) is -3.15. The van der Waals surface area contributed by atoms with Crippen LogP contribution >= 0.6 is 7.60 Å². The number of hydrogen-bond donors (Lipinski definition) is 6. The van der Waals surface area contributed by atoms with Gasteiger partial charge in [-0.1, -0.05) is 138 Å². The first-order valence-electron chi connectivity index (χ1n) is 33.7. The van der Waals surface area contributed by atoms with Crippen LogP contribution < -0.4 is 26.6 Å². The topological polar surface area (TPSA) is 291 Å². The Kier molecular flexibility index (Phi) is 39.5. The fourth-order valence-corrected chi connectivity index (χ4v) is 12.9. The number of carboxylic acids is 1. The van der Waals surface area contributed by atoms with Gasteiger partial charge in [0.25, 0.3) is 0 Å². The molecule has 2 aromatic rings. The summed E-state index contributed by atoms with van der Waals surface area (Å²) < 4.78 is 57.9. The summed E-state index contributed by atoms with van der Waals surface area (Å²) in [5, 5.41) is 23.1. The lowest BCUT2D eigenvalue weighted by Gasteiger charge is -2.32. The molecular formula is C69H114N5O17P. The molecule has 23 heteroatoms. The highest BCUT2D eigenvalue weighted by atomic mass is 31.2. The van der Waals surface area contributed by atoms with E-state index >= 15 is 0 Å². The fourth-order valence-electron chi connectivity index (χ4n) is 10.4. The van der Waals surface area contributed by atoms with Gasteiger partial charge in [0.05, 0.1) is 57.0 Å². The average Bonchev–Trinajstić information content (AvgIpc) is 1.62. The van der Waals surface area contributed by atoms with Crippen molar-refractivity contribution in [3.8, 4) is 11.1 Å². The van der Waals surface area contributed by atoms with Gasteiger partial charge in [0.1, 0.15) is 37.5 Å². The van der Waals surface area contributed by atoms with Crippen molar-refractivity contribution in [2.75, 3.05) is 85.3 Å². The zero-order valence-electron chi connectivity index (χ0n) is 57.0. The average molecular weight is 1320 g/mol. The van der Waals surface area contributed by atoms with E-state index in [-0.39, 0.29) is 121 Å². The molecule has 0 heterocycles. The summed E-state index contributed by atoms with van der Waals surface area (Å²) >= 11 is 0. The maximum absolute atomic E-state index is 13.4. The molecule has 0 aromatic heterocycles. The van der Waals surface area contributed by atoms with E-state index < -0.39 is 54.5 Å². The number of benzene rings is 2. The van der Waals surface area contributed by atoms with Crippen LogP contribution in [0.1, 0.15) is 221 Å². The molecule has 0 saturated heterocycles. The third-order valence-corrected chi connectivity index (χ3v) is 17.1. The third-order valence-electron chi connectivity index (χ3n) is 14.6. The van der Waals surface area contributed by atoms with Gasteiger partial charge in [0.15, 0.2) is 0 Å². The van der Waals surface area contributed by atoms with Crippen LogP contribution in [0.4, 0.5) is 4.79 Å². The van der Waals surface area contributed by atoms with Gasteiger partial charge in [0.2, 0.25) is 23.6 Å². The standard InChI is InChI=1S/C69H114N5O17P/c1-67(2,3)89-65(81)59(73-61(76)37-24-22-20-18-16-14-12-10-11-13-15-17-19-21-23-31-49-92(83,90-68(4,5)6)91-69(7,8)9)38-39-60(75)71-41-43-84-45-48-87-52-63(78)72-42-44-85-46-47-86-51-62(77)70-40-30-29-36-58(64(79)80)74-66(82)88-50-57-55-34-27-25-32-53(55)54-33-26-28-35-56(54)57/h25-28,32-35,57-59H,10-24,29-31,36-52H2,1-9H3,(H,70,77)(H,71,75)(H,72,78)(H,73,76)(H,74,82)(H,79,80)/t58-,59-/m0/s1. The zero-order valence-corrected chi connectivity index (χ0v) is 57.9. The van der Waals surface area contributed by atoms with Gasteiger partial charge in [-0.2, -0.15) is 0 Å². The van der Waals surface area contributed by atoms with Crippen molar-refractivity contribution in [1.82, 2.24) is 26.6 Å². The molecule has 1 aliphatic rings. The molecule has 0 saturated carbocycles. The molecule has 0 radical (unpaired) electrons. The lowest BCUT2D eigenvalue weighted by molar-refractivity contribution is -0.159. The number of hydrogen-bond acceptors (Lipinski definition) is 16. The van der Waals surface area contributed by atoms with Crippen LogP contribution in [0, 0.1) is 0 Å². The van der Waals surface area contributed by atoms with E-state index in [0.717, 1.165) is 67.2 Å². The quantitative estimate of drug-likeness (QED) is 0.0204. The molecule has 5 amide bonds. The monoisotopic (exact) mass is 1320 g/mol. The zero-order chi connectivity index (χ0) is 67.7. The van der Waals surface area contributed by atoms with Gasteiger partial charge in [-0.15, -0.1) is 0 Å². The van der Waals surface area contributed by atoms with E-state index in [0.29, 0.717) is 32.0 Å². The smallest absolute Gasteiger partial charge is 0.407 e. The molecule has 0 bridgehead atoms. The Balaban J connectivity index is 1.09. The SMILES string of the molecule is CC(C)(C)OC(=O)[C@H](CCC(=O)NCCOCCOCC(=O)NCCOCCOCC(=O)NCCCC[C@H](NC(=O)OCC1c2ccccc2-c2ccccc21)C(=O)O)NC(=O)CCCCCCCCCCCCCCCCCCP(=O)(OC(C)(C)C)OC(C)(C)C. The highest BCUT2D eigenvalue weighted by Crippen LogP contribution is 2.55. The molecule has 1 aliphatic carbocycles. The van der Waals surface area contributed by atoms with Crippen LogP contribution in [0.2, 0.25) is 0 Å². The number of esters is 1. The number of aliphatic carboxylic acids is 1. The normalized spacial score (nSPS) is 13.1. The Morgan fingerprint density at radius 3 is 1.39 bits per heavy atom. The Hall–Kier alpha value is -5.48. The molecule has 0 aliphatic heterocycles. The Labute approximate surface area is 548 Å². The first-order chi connectivity index (χ1) is 43.7. The number of carbonyl (C=O) groups is 7. The number of rotatable bonds is 51. The number of amides is 5. The van der Waals surface area contributed by atoms with Crippen molar-refractivity contribution in [2.24, 2.45) is 0 Å². The molecule has 2 aromatic carbocycles. The summed E-state index contributed by atoms with van der Waals surface area (Å²) in [6.45, 7) is 18.3. The van der Waals surface area contributed by atoms with Crippen LogP contribution in [-0.2, 0) is 70.8 Å². The first kappa shape index (κ1) is 80.8. The minimum atomic E-state index is -3.15. The summed E-state index contributed by atoms with van der Waals surface area (Å²) in [4.78, 5) is 87.5. The van der Waals surface area contributed by atoms with E-state index in [1.807, 2.05) is 90.1 Å². The summed E-state index contributed by atoms with van der Waals surface area (Å²) in [5.41, 5.74) is 2.49. The van der Waals surface area contributed by atoms with E-state index in [1.165, 1.54) is 57.8 Å². The first-order valence-corrected chi connectivity index (χ1v) is 35.4. The number of unbranched alkanes of at least 4 members (excludes halogenated alkanes) is 16. The van der Waals surface area contributed by atoms with Crippen LogP contribution in [0.25, 0.3) is 11.1 Å².